The number of nitriles is 1. The molecule has 37 heavy (non-hydrogen) atoms. The van der Waals surface area contributed by atoms with Gasteiger partial charge in [0, 0.05) is 40.2 Å². The summed E-state index contributed by atoms with van der Waals surface area (Å²) in [4.78, 5) is 21.7. The standard InChI is InChI=1S/C28H23FN6O2/c1-17-14-32-34-26(17)22-11-18(2)33-27-21(22)6-3-7-25(27)37-16-23-20(13-30)8-9-31-24(23)15-35-10-4-5-19(12-29)28(35)36/h3-11,14H,12,15-16H2,1-2H3,(H,32,34). The molecule has 0 saturated carbocycles. The van der Waals surface area contributed by atoms with Gasteiger partial charge in [-0.05, 0) is 49.7 Å². The van der Waals surface area contributed by atoms with E-state index in [2.05, 4.69) is 21.3 Å². The van der Waals surface area contributed by atoms with Crippen molar-refractivity contribution in [2.45, 2.75) is 33.7 Å². The summed E-state index contributed by atoms with van der Waals surface area (Å²) in [7, 11) is 0. The number of benzene rings is 1. The first-order valence-electron chi connectivity index (χ1n) is 11.6. The van der Waals surface area contributed by atoms with Gasteiger partial charge < -0.3 is 9.30 Å². The molecule has 0 aliphatic heterocycles. The molecule has 184 valence electrons. The van der Waals surface area contributed by atoms with E-state index in [9.17, 15) is 14.4 Å². The van der Waals surface area contributed by atoms with Crippen LogP contribution in [0.3, 0.4) is 0 Å². The molecule has 4 heterocycles. The van der Waals surface area contributed by atoms with Gasteiger partial charge in [-0.3, -0.25) is 14.9 Å². The lowest BCUT2D eigenvalue weighted by atomic mass is 10.0. The van der Waals surface area contributed by atoms with Gasteiger partial charge >= 0.3 is 0 Å². The first-order chi connectivity index (χ1) is 18.0. The number of alkyl halides is 1. The number of aromatic amines is 1. The minimum Gasteiger partial charge on any atom is -0.486 e. The van der Waals surface area contributed by atoms with Crippen LogP contribution < -0.4 is 10.3 Å². The molecule has 8 nitrogen and oxygen atoms in total. The van der Waals surface area contributed by atoms with Crippen LogP contribution in [0.25, 0.3) is 22.2 Å². The lowest BCUT2D eigenvalue weighted by Crippen LogP contribution is -2.24. The Hall–Kier alpha value is -4.84. The minimum atomic E-state index is -0.852. The Bertz CT molecular complexity index is 1720. The van der Waals surface area contributed by atoms with Gasteiger partial charge in [-0.2, -0.15) is 10.4 Å². The lowest BCUT2D eigenvalue weighted by Gasteiger charge is -2.15. The summed E-state index contributed by atoms with van der Waals surface area (Å²) in [6.07, 6.45) is 4.87. The third kappa shape index (κ3) is 4.57. The minimum absolute atomic E-state index is 0.0385. The number of aryl methyl sites for hydroxylation is 2. The van der Waals surface area contributed by atoms with Gasteiger partial charge in [0.2, 0.25) is 0 Å². The van der Waals surface area contributed by atoms with E-state index in [0.29, 0.717) is 28.1 Å². The number of ether oxygens (including phenoxy) is 1. The van der Waals surface area contributed by atoms with Crippen molar-refractivity contribution in [3.05, 3.63) is 105 Å². The predicted molar refractivity (Wildman–Crippen MR) is 137 cm³/mol. The fraction of sp³-hybridized carbons (Fsp3) is 0.179. The molecule has 0 spiro atoms. The SMILES string of the molecule is Cc1cc(-c2[nH]ncc2C)c2cccc(OCc3c(C#N)ccnc3Cn3cccc(CF)c3=O)c2n1. The fourth-order valence-electron chi connectivity index (χ4n) is 4.35. The largest absolute Gasteiger partial charge is 0.486 e. The average Bonchev–Trinajstić information content (AvgIpc) is 3.34. The van der Waals surface area contributed by atoms with Crippen molar-refractivity contribution in [1.29, 1.82) is 5.26 Å². The number of rotatable bonds is 7. The normalized spacial score (nSPS) is 11.0. The van der Waals surface area contributed by atoms with Gasteiger partial charge in [-0.25, -0.2) is 9.37 Å². The number of aromatic nitrogens is 5. The van der Waals surface area contributed by atoms with Crippen molar-refractivity contribution >= 4 is 10.9 Å². The number of hydrogen-bond donors (Lipinski definition) is 1. The van der Waals surface area contributed by atoms with Crippen LogP contribution in [0.4, 0.5) is 4.39 Å². The average molecular weight is 495 g/mol. The van der Waals surface area contributed by atoms with Crippen LogP contribution >= 0.6 is 0 Å². The van der Waals surface area contributed by atoms with Gasteiger partial charge in [0.15, 0.2) is 0 Å². The summed E-state index contributed by atoms with van der Waals surface area (Å²) in [5.41, 5.74) is 5.47. The number of H-pyrrole nitrogens is 1. The number of fused-ring (bicyclic) bond motifs is 1. The maximum absolute atomic E-state index is 13.2. The second-order valence-corrected chi connectivity index (χ2v) is 8.68. The third-order valence-corrected chi connectivity index (χ3v) is 6.23. The second kappa shape index (κ2) is 10.0. The van der Waals surface area contributed by atoms with Crippen molar-refractivity contribution in [3.63, 3.8) is 0 Å². The van der Waals surface area contributed by atoms with Crippen LogP contribution in [0.15, 0.2) is 65.8 Å². The van der Waals surface area contributed by atoms with Gasteiger partial charge in [0.1, 0.15) is 24.5 Å². The molecular weight excluding hydrogens is 471 g/mol. The molecule has 0 atom stereocenters. The molecule has 0 fully saturated rings. The quantitative estimate of drug-likeness (QED) is 0.349. The highest BCUT2D eigenvalue weighted by atomic mass is 19.1. The monoisotopic (exact) mass is 494 g/mol. The molecule has 0 bridgehead atoms. The molecular formula is C28H23FN6O2. The zero-order valence-corrected chi connectivity index (χ0v) is 20.3. The molecule has 4 aromatic heterocycles. The van der Waals surface area contributed by atoms with Gasteiger partial charge in [-0.15, -0.1) is 0 Å². The van der Waals surface area contributed by atoms with E-state index in [1.807, 2.05) is 38.1 Å². The molecule has 0 amide bonds. The highest BCUT2D eigenvalue weighted by Crippen LogP contribution is 2.34. The van der Waals surface area contributed by atoms with Crippen LogP contribution in [0, 0.1) is 25.2 Å². The number of para-hydroxylation sites is 1. The zero-order valence-electron chi connectivity index (χ0n) is 20.3. The highest BCUT2D eigenvalue weighted by Gasteiger charge is 2.16. The number of pyridine rings is 3. The summed E-state index contributed by atoms with van der Waals surface area (Å²) < 4.78 is 20.8. The molecule has 0 saturated heterocycles. The summed E-state index contributed by atoms with van der Waals surface area (Å²) in [5, 5.41) is 17.9. The molecule has 5 aromatic rings. The number of nitrogens with zero attached hydrogens (tertiary/aromatic N) is 5. The van der Waals surface area contributed by atoms with Crippen molar-refractivity contribution in [2.75, 3.05) is 0 Å². The van der Waals surface area contributed by atoms with E-state index in [1.165, 1.54) is 16.8 Å². The maximum atomic E-state index is 13.2. The smallest absolute Gasteiger partial charge is 0.256 e. The van der Waals surface area contributed by atoms with Crippen LogP contribution in [-0.2, 0) is 19.8 Å². The van der Waals surface area contributed by atoms with E-state index in [-0.39, 0.29) is 18.7 Å². The number of nitrogens with one attached hydrogen (secondary N) is 1. The Morgan fingerprint density at radius 1 is 1.19 bits per heavy atom. The van der Waals surface area contributed by atoms with E-state index in [0.717, 1.165) is 27.9 Å². The molecule has 1 aromatic carbocycles. The lowest BCUT2D eigenvalue weighted by molar-refractivity contribution is 0.306. The van der Waals surface area contributed by atoms with E-state index >= 15 is 0 Å². The Balaban J connectivity index is 1.53. The molecule has 0 unspecified atom stereocenters. The molecule has 1 N–H and O–H groups in total. The number of halogens is 1. The van der Waals surface area contributed by atoms with Gasteiger partial charge in [-0.1, -0.05) is 12.1 Å². The van der Waals surface area contributed by atoms with Gasteiger partial charge in [0.25, 0.3) is 5.56 Å². The summed E-state index contributed by atoms with van der Waals surface area (Å²) in [6, 6.07) is 14.6. The third-order valence-electron chi connectivity index (χ3n) is 6.23. The van der Waals surface area contributed by atoms with Crippen molar-refractivity contribution in [3.8, 4) is 23.1 Å². The molecule has 5 rings (SSSR count). The Morgan fingerprint density at radius 2 is 2.05 bits per heavy atom. The van der Waals surface area contributed by atoms with E-state index in [1.54, 1.807) is 24.5 Å². The van der Waals surface area contributed by atoms with Crippen LogP contribution in [0.2, 0.25) is 0 Å². The zero-order chi connectivity index (χ0) is 25.9. The van der Waals surface area contributed by atoms with E-state index < -0.39 is 12.2 Å². The fourth-order valence-corrected chi connectivity index (χ4v) is 4.35. The maximum Gasteiger partial charge on any atom is 0.256 e. The van der Waals surface area contributed by atoms with Crippen molar-refractivity contribution in [2.24, 2.45) is 0 Å². The number of hydrogen-bond acceptors (Lipinski definition) is 6. The Kier molecular flexibility index (Phi) is 6.47. The van der Waals surface area contributed by atoms with Crippen molar-refractivity contribution < 1.29 is 9.13 Å². The topological polar surface area (TPSA) is 109 Å². The van der Waals surface area contributed by atoms with Crippen LogP contribution in [0.1, 0.15) is 33.6 Å². The summed E-state index contributed by atoms with van der Waals surface area (Å²) in [6.45, 7) is 3.17. The molecule has 9 heteroatoms. The van der Waals surface area contributed by atoms with Gasteiger partial charge in [0.05, 0.1) is 35.8 Å². The summed E-state index contributed by atoms with van der Waals surface area (Å²) in [5.74, 6) is 0.551. The molecule has 0 aliphatic rings. The Labute approximate surface area is 212 Å². The van der Waals surface area contributed by atoms with E-state index in [4.69, 9.17) is 9.72 Å². The Morgan fingerprint density at radius 3 is 2.81 bits per heavy atom. The predicted octanol–water partition coefficient (Wildman–Crippen LogP) is 4.77. The van der Waals surface area contributed by atoms with Crippen LogP contribution in [-0.4, -0.2) is 24.7 Å². The molecule has 0 aliphatic carbocycles. The molecule has 0 radical (unpaired) electrons. The second-order valence-electron chi connectivity index (χ2n) is 8.68. The van der Waals surface area contributed by atoms with Crippen LogP contribution in [0.5, 0.6) is 5.75 Å². The summed E-state index contributed by atoms with van der Waals surface area (Å²) >= 11 is 0. The van der Waals surface area contributed by atoms with Crippen molar-refractivity contribution in [1.82, 2.24) is 24.7 Å². The first kappa shape index (κ1) is 23.9. The highest BCUT2D eigenvalue weighted by molar-refractivity contribution is 5.97. The first-order valence-corrected chi connectivity index (χ1v) is 11.6.